The van der Waals surface area contributed by atoms with Crippen molar-refractivity contribution in [3.05, 3.63) is 133 Å². The smallest absolute Gasteiger partial charge is 0.457 e. The van der Waals surface area contributed by atoms with Crippen LogP contribution in [-0.2, 0) is 38.7 Å². The number of hydrogen-bond acceptors (Lipinski definition) is 0. The minimum atomic E-state index is 0. The number of hydrogen-bond donors (Lipinski definition) is 0. The molecule has 4 rings (SSSR count). The van der Waals surface area contributed by atoms with Gasteiger partial charge < -0.3 is 6.42 Å². The van der Waals surface area contributed by atoms with Gasteiger partial charge in [-0.1, -0.05) is 143 Å². The zero-order valence-electron chi connectivity index (χ0n) is 27.4. The van der Waals surface area contributed by atoms with Gasteiger partial charge in [-0.3, -0.25) is 0 Å². The van der Waals surface area contributed by atoms with Crippen molar-refractivity contribution in [2.75, 3.05) is 0 Å². The maximum atomic E-state index is 3.76. The summed E-state index contributed by atoms with van der Waals surface area (Å²) < 4.78 is 0. The number of benzene rings is 2. The van der Waals surface area contributed by atoms with E-state index in [0.717, 1.165) is 0 Å². The third-order valence-corrected chi connectivity index (χ3v) is 7.19. The van der Waals surface area contributed by atoms with Crippen molar-refractivity contribution in [2.24, 2.45) is 0 Å². The summed E-state index contributed by atoms with van der Waals surface area (Å²) in [4.78, 5) is 0. The minimum absolute atomic E-state index is 0. The zero-order valence-corrected chi connectivity index (χ0v) is 28.5. The van der Waals surface area contributed by atoms with E-state index in [4.69, 9.17) is 0 Å². The molecule has 0 atom stereocenters. The first kappa shape index (κ1) is 37.6. The van der Waals surface area contributed by atoms with Crippen LogP contribution in [0, 0.1) is 63.2 Å². The van der Waals surface area contributed by atoms with Crippen molar-refractivity contribution < 1.29 is 35.9 Å². The average Bonchev–Trinajstić information content (AvgIpc) is 3.51. The molecule has 0 spiro atoms. The zero-order chi connectivity index (χ0) is 28.5. The van der Waals surface area contributed by atoms with Gasteiger partial charge in [0.2, 0.25) is 0 Å². The summed E-state index contributed by atoms with van der Waals surface area (Å²) in [5.74, 6) is 2.36. The third kappa shape index (κ3) is 10.4. The molecule has 2 saturated carbocycles. The van der Waals surface area contributed by atoms with Crippen molar-refractivity contribution in [1.82, 2.24) is 0 Å². The second-order valence-electron chi connectivity index (χ2n) is 14.8. The van der Waals surface area contributed by atoms with Gasteiger partial charge >= 0.3 is 18.9 Å². The maximum Gasteiger partial charge on any atom is 1.00 e. The summed E-state index contributed by atoms with van der Waals surface area (Å²) in [6.45, 7) is 27.6. The standard InChI is InChI=1S/C33H44.C5H5.Fe.Li/c1-30(2,3)26-16-24(17-27(20-26)31(4,5)6)22-13-14-23(15-22)25-18-28(32(7,8)9)21-29(19-25)33(10,11)12;1-2-4-5-3-1;;/h13-14,16-21H,1-12H3;1-5H;;/q-1;;;+1. The van der Waals surface area contributed by atoms with Gasteiger partial charge in [0.25, 0.3) is 0 Å². The quantitative estimate of drug-likeness (QED) is 0.272. The first-order valence-corrected chi connectivity index (χ1v) is 14.0. The van der Waals surface area contributed by atoms with Crippen LogP contribution < -0.4 is 18.9 Å². The van der Waals surface area contributed by atoms with E-state index in [0.29, 0.717) is 0 Å². The molecule has 0 saturated heterocycles. The Bertz CT molecular complexity index is 911. The van der Waals surface area contributed by atoms with E-state index >= 15 is 0 Å². The van der Waals surface area contributed by atoms with Crippen molar-refractivity contribution in [3.8, 4) is 0 Å². The molecule has 0 bridgehead atoms. The Balaban J connectivity index is 0.00000103. The molecule has 40 heavy (non-hydrogen) atoms. The molecule has 2 aliphatic rings. The molecule has 0 heterocycles. The second kappa shape index (κ2) is 14.4. The Kier molecular flexibility index (Phi) is 13.5. The van der Waals surface area contributed by atoms with Crippen LogP contribution in [0.5, 0.6) is 0 Å². The minimum Gasteiger partial charge on any atom is -0.457 e. The average molecular weight is 569 g/mol. The Morgan fingerprint density at radius 1 is 0.400 bits per heavy atom. The summed E-state index contributed by atoms with van der Waals surface area (Å²) in [6.07, 6.45) is 18.2. The monoisotopic (exact) mass is 568 g/mol. The van der Waals surface area contributed by atoms with Crippen LogP contribution in [0.1, 0.15) is 116 Å². The van der Waals surface area contributed by atoms with Crippen molar-refractivity contribution in [3.63, 3.8) is 0 Å². The van der Waals surface area contributed by atoms with Gasteiger partial charge in [-0.25, -0.2) is 0 Å². The molecular weight excluding hydrogens is 519 g/mol. The van der Waals surface area contributed by atoms with E-state index in [9.17, 15) is 0 Å². The molecule has 2 aromatic rings. The van der Waals surface area contributed by atoms with E-state index in [2.05, 4.69) is 139 Å². The van der Waals surface area contributed by atoms with Crippen molar-refractivity contribution in [2.45, 2.75) is 105 Å². The van der Waals surface area contributed by atoms with Gasteiger partial charge in [-0.05, 0) is 76.0 Å². The molecule has 0 aromatic heterocycles. The fourth-order valence-corrected chi connectivity index (χ4v) is 4.35. The summed E-state index contributed by atoms with van der Waals surface area (Å²) >= 11 is 0. The van der Waals surface area contributed by atoms with Crippen LogP contribution in [0.15, 0.2) is 36.4 Å². The van der Waals surface area contributed by atoms with Crippen LogP contribution >= 0.6 is 0 Å². The molecule has 0 unspecified atom stereocenters. The topological polar surface area (TPSA) is 0 Å². The molecule has 0 N–H and O–H groups in total. The summed E-state index contributed by atoms with van der Waals surface area (Å²) in [7, 11) is 0. The van der Waals surface area contributed by atoms with E-state index in [-0.39, 0.29) is 57.6 Å². The molecule has 2 fully saturated rings. The summed E-state index contributed by atoms with van der Waals surface area (Å²) in [5.41, 5.74) is 8.47. The molecular formula is C38H49FeLi. The van der Waals surface area contributed by atoms with Crippen molar-refractivity contribution in [1.29, 1.82) is 0 Å². The van der Waals surface area contributed by atoms with Crippen LogP contribution in [-0.4, -0.2) is 0 Å². The molecule has 2 aromatic carbocycles. The Morgan fingerprint density at radius 3 is 0.825 bits per heavy atom. The first-order valence-electron chi connectivity index (χ1n) is 14.0. The van der Waals surface area contributed by atoms with Crippen LogP contribution in [0.3, 0.4) is 0 Å². The molecule has 0 nitrogen and oxygen atoms in total. The van der Waals surface area contributed by atoms with Gasteiger partial charge in [-0.15, -0.1) is 0 Å². The predicted molar refractivity (Wildman–Crippen MR) is 166 cm³/mol. The van der Waals surface area contributed by atoms with E-state index in [1.807, 2.05) is 32.1 Å². The Morgan fingerprint density at radius 2 is 0.625 bits per heavy atom. The fourth-order valence-electron chi connectivity index (χ4n) is 4.35. The largest absolute Gasteiger partial charge is 1.00 e. The van der Waals surface area contributed by atoms with Crippen LogP contribution in [0.2, 0.25) is 0 Å². The molecule has 0 aliphatic heterocycles. The molecule has 10 radical (unpaired) electrons. The second-order valence-corrected chi connectivity index (χ2v) is 14.8. The molecule has 0 amide bonds. The molecule has 2 heteroatoms. The van der Waals surface area contributed by atoms with Crippen LogP contribution in [0.4, 0.5) is 0 Å². The molecule has 210 valence electrons. The van der Waals surface area contributed by atoms with Gasteiger partial charge in [0.15, 0.2) is 0 Å². The molecule has 2 aliphatic carbocycles. The maximum absolute atomic E-state index is 3.76. The van der Waals surface area contributed by atoms with Crippen molar-refractivity contribution >= 4 is 0 Å². The van der Waals surface area contributed by atoms with E-state index in [1.54, 1.807) is 0 Å². The fraction of sp³-hybridized carbons (Fsp3) is 0.421. The summed E-state index contributed by atoms with van der Waals surface area (Å²) in [6, 6.07) is 14.2. The predicted octanol–water partition coefficient (Wildman–Crippen LogP) is 6.95. The van der Waals surface area contributed by atoms with E-state index < -0.39 is 0 Å². The summed E-state index contributed by atoms with van der Waals surface area (Å²) in [5, 5.41) is 0. The SMILES string of the molecule is CC(C)(C)c1cc([C]2[C-][C](c3cc(C(C)(C)C)cc(C(C)(C)C)c3)[CH][CH]2)cc(C(C)(C)C)c1.[CH]1[CH][CH][CH][CH]1.[Fe].[Li+]. The van der Waals surface area contributed by atoms with Gasteiger partial charge in [-0.2, -0.15) is 11.8 Å². The van der Waals surface area contributed by atoms with Gasteiger partial charge in [0.1, 0.15) is 0 Å². The van der Waals surface area contributed by atoms with Gasteiger partial charge in [0, 0.05) is 17.1 Å². The normalized spacial score (nSPS) is 17.1. The Hall–Kier alpha value is -0.443. The number of rotatable bonds is 2. The van der Waals surface area contributed by atoms with Crippen LogP contribution in [0.25, 0.3) is 0 Å². The third-order valence-electron chi connectivity index (χ3n) is 7.19. The van der Waals surface area contributed by atoms with Gasteiger partial charge in [0.05, 0.1) is 0 Å². The Labute approximate surface area is 272 Å². The first-order chi connectivity index (χ1) is 17.4. The van der Waals surface area contributed by atoms with E-state index in [1.165, 1.54) is 45.2 Å².